The second-order valence-electron chi connectivity index (χ2n) is 8.64. The smallest absolute Gasteiger partial charge is 0.264 e. The predicted molar refractivity (Wildman–Crippen MR) is 149 cm³/mol. The molecule has 3 aromatic carbocycles. The van der Waals surface area contributed by atoms with Crippen molar-refractivity contribution in [2.24, 2.45) is 0 Å². The number of anilines is 1. The summed E-state index contributed by atoms with van der Waals surface area (Å²) in [6.45, 7) is 3.61. The van der Waals surface area contributed by atoms with Crippen molar-refractivity contribution in [3.63, 3.8) is 0 Å². The van der Waals surface area contributed by atoms with E-state index in [-0.39, 0.29) is 23.0 Å². The van der Waals surface area contributed by atoms with Gasteiger partial charge in [-0.15, -0.1) is 0 Å². The summed E-state index contributed by atoms with van der Waals surface area (Å²) in [6.07, 6.45) is 0.740. The minimum absolute atomic E-state index is 0.0432. The number of benzene rings is 3. The average Bonchev–Trinajstić information content (AvgIpc) is 2.94. The van der Waals surface area contributed by atoms with Crippen molar-refractivity contribution in [3.8, 4) is 5.75 Å². The fraction of sp³-hybridized carbons (Fsp3) is 0.286. The maximum Gasteiger partial charge on any atom is 0.264 e. The van der Waals surface area contributed by atoms with Crippen LogP contribution < -0.4 is 14.4 Å². The molecule has 1 atom stereocenters. The largest absolute Gasteiger partial charge is 0.497 e. The quantitative estimate of drug-likeness (QED) is 0.354. The first kappa shape index (κ1) is 29.0. The topological polar surface area (TPSA) is 96.0 Å². The number of nitrogens with zero attached hydrogens (tertiary/aromatic N) is 2. The Morgan fingerprint density at radius 2 is 1.61 bits per heavy atom. The van der Waals surface area contributed by atoms with Crippen LogP contribution in [-0.4, -0.2) is 51.4 Å². The Morgan fingerprint density at radius 3 is 2.18 bits per heavy atom. The molecule has 0 spiro atoms. The second-order valence-corrected chi connectivity index (χ2v) is 10.9. The number of hydrogen-bond acceptors (Lipinski definition) is 5. The van der Waals surface area contributed by atoms with E-state index >= 15 is 0 Å². The lowest BCUT2D eigenvalue weighted by molar-refractivity contribution is -0.139. The van der Waals surface area contributed by atoms with Gasteiger partial charge in [-0.2, -0.15) is 0 Å². The number of nitrogens with one attached hydrogen (secondary N) is 1. The molecule has 38 heavy (non-hydrogen) atoms. The molecule has 0 heterocycles. The number of hydrogen-bond donors (Lipinski definition) is 1. The van der Waals surface area contributed by atoms with Crippen LogP contribution in [0.25, 0.3) is 0 Å². The second kappa shape index (κ2) is 13.3. The van der Waals surface area contributed by atoms with E-state index in [0.717, 1.165) is 16.3 Å². The van der Waals surface area contributed by atoms with Crippen LogP contribution in [0.5, 0.6) is 5.75 Å². The molecule has 1 N–H and O–H groups in total. The molecule has 0 fully saturated rings. The zero-order chi connectivity index (χ0) is 27.7. The molecule has 0 aliphatic heterocycles. The van der Waals surface area contributed by atoms with Crippen molar-refractivity contribution in [3.05, 3.63) is 89.4 Å². The number of carbonyl (C=O) groups is 2. The Bertz CT molecular complexity index is 1320. The molecule has 0 saturated heterocycles. The lowest BCUT2D eigenvalue weighted by atomic mass is 10.1. The zero-order valence-corrected chi connectivity index (χ0v) is 23.2. The van der Waals surface area contributed by atoms with Crippen LogP contribution in [0.2, 0.25) is 5.02 Å². The number of ether oxygens (including phenoxy) is 1. The van der Waals surface area contributed by atoms with E-state index in [0.29, 0.717) is 17.3 Å². The lowest BCUT2D eigenvalue weighted by Gasteiger charge is -2.32. The molecule has 0 aromatic heterocycles. The van der Waals surface area contributed by atoms with Crippen molar-refractivity contribution in [2.75, 3.05) is 24.5 Å². The highest BCUT2D eigenvalue weighted by atomic mass is 35.5. The van der Waals surface area contributed by atoms with Gasteiger partial charge in [-0.3, -0.25) is 13.9 Å². The first-order chi connectivity index (χ1) is 18.2. The van der Waals surface area contributed by atoms with Crippen LogP contribution in [0.1, 0.15) is 25.8 Å². The third-order valence-corrected chi connectivity index (χ3v) is 7.99. The zero-order valence-electron chi connectivity index (χ0n) is 21.6. The van der Waals surface area contributed by atoms with Gasteiger partial charge in [-0.1, -0.05) is 48.9 Å². The summed E-state index contributed by atoms with van der Waals surface area (Å²) >= 11 is 6.02. The molecule has 1 unspecified atom stereocenters. The number of carbonyl (C=O) groups excluding carboxylic acids is 2. The summed E-state index contributed by atoms with van der Waals surface area (Å²) in [6, 6.07) is 20.4. The maximum absolute atomic E-state index is 13.8. The summed E-state index contributed by atoms with van der Waals surface area (Å²) in [5.41, 5.74) is 1.04. The minimum atomic E-state index is -4.11. The lowest BCUT2D eigenvalue weighted by Crippen LogP contribution is -2.51. The van der Waals surface area contributed by atoms with Gasteiger partial charge in [0.05, 0.1) is 17.7 Å². The third kappa shape index (κ3) is 7.26. The summed E-state index contributed by atoms with van der Waals surface area (Å²) < 4.78 is 33.7. The van der Waals surface area contributed by atoms with E-state index < -0.39 is 28.5 Å². The summed E-state index contributed by atoms with van der Waals surface area (Å²) in [4.78, 5) is 28.1. The van der Waals surface area contributed by atoms with Crippen LogP contribution in [0, 0.1) is 0 Å². The van der Waals surface area contributed by atoms with Gasteiger partial charge in [-0.05, 0) is 67.4 Å². The Labute approximate surface area is 229 Å². The normalized spacial score (nSPS) is 11.9. The number of sulfonamides is 1. The highest BCUT2D eigenvalue weighted by molar-refractivity contribution is 7.92. The molecule has 3 aromatic rings. The van der Waals surface area contributed by atoms with Crippen molar-refractivity contribution >= 4 is 39.1 Å². The van der Waals surface area contributed by atoms with Gasteiger partial charge in [0.25, 0.3) is 10.0 Å². The molecule has 10 heteroatoms. The Morgan fingerprint density at radius 1 is 0.974 bits per heavy atom. The van der Waals surface area contributed by atoms with Crippen molar-refractivity contribution < 1.29 is 22.7 Å². The van der Waals surface area contributed by atoms with E-state index in [1.165, 1.54) is 24.1 Å². The molecule has 0 saturated carbocycles. The molecule has 202 valence electrons. The summed E-state index contributed by atoms with van der Waals surface area (Å²) in [7, 11) is -2.60. The highest BCUT2D eigenvalue weighted by Crippen LogP contribution is 2.26. The Hall–Kier alpha value is -3.56. The molecule has 0 aliphatic rings. The van der Waals surface area contributed by atoms with Crippen molar-refractivity contribution in [1.82, 2.24) is 10.2 Å². The van der Waals surface area contributed by atoms with E-state index in [2.05, 4.69) is 5.32 Å². The van der Waals surface area contributed by atoms with Gasteiger partial charge < -0.3 is 15.0 Å². The van der Waals surface area contributed by atoms with Crippen LogP contribution in [0.3, 0.4) is 0 Å². The number of methoxy groups -OCH3 is 1. The SMILES string of the molecule is CCCNC(=O)C(C)N(Cc1ccc(Cl)cc1)C(=O)CN(c1ccc(OC)cc1)S(=O)(=O)c1ccccc1. The molecular weight excluding hydrogens is 526 g/mol. The minimum Gasteiger partial charge on any atom is -0.497 e. The van der Waals surface area contributed by atoms with Crippen molar-refractivity contribution in [1.29, 1.82) is 0 Å². The Balaban J connectivity index is 2.00. The molecule has 2 amide bonds. The summed E-state index contributed by atoms with van der Waals surface area (Å²) in [5, 5.41) is 3.36. The molecular formula is C28H32ClN3O5S. The fourth-order valence-corrected chi connectivity index (χ4v) is 5.32. The van der Waals surface area contributed by atoms with Gasteiger partial charge in [-0.25, -0.2) is 8.42 Å². The van der Waals surface area contributed by atoms with Gasteiger partial charge in [0.2, 0.25) is 11.8 Å². The molecule has 8 nitrogen and oxygen atoms in total. The predicted octanol–water partition coefficient (Wildman–Crippen LogP) is 4.49. The standard InChI is InChI=1S/C28H32ClN3O5S/c1-4-18-30-28(34)21(2)31(19-22-10-12-23(29)13-11-22)27(33)20-32(24-14-16-25(37-3)17-15-24)38(35,36)26-8-6-5-7-9-26/h5-17,21H,4,18-20H2,1-3H3,(H,30,34). The number of halogens is 1. The van der Waals surface area contributed by atoms with Crippen LogP contribution >= 0.6 is 11.6 Å². The fourth-order valence-electron chi connectivity index (χ4n) is 3.76. The van der Waals surface area contributed by atoms with E-state index in [1.54, 1.807) is 73.7 Å². The average molecular weight is 558 g/mol. The third-order valence-electron chi connectivity index (χ3n) is 5.95. The first-order valence-electron chi connectivity index (χ1n) is 12.2. The monoisotopic (exact) mass is 557 g/mol. The molecule has 0 bridgehead atoms. The van der Waals surface area contributed by atoms with E-state index in [1.807, 2.05) is 6.92 Å². The van der Waals surface area contributed by atoms with Crippen LogP contribution in [0.4, 0.5) is 5.69 Å². The molecule has 0 radical (unpaired) electrons. The Kier molecular flexibility index (Phi) is 10.2. The molecule has 3 rings (SSSR count). The van der Waals surface area contributed by atoms with Gasteiger partial charge in [0.15, 0.2) is 0 Å². The van der Waals surface area contributed by atoms with Crippen LogP contribution in [-0.2, 0) is 26.2 Å². The van der Waals surface area contributed by atoms with Gasteiger partial charge >= 0.3 is 0 Å². The van der Waals surface area contributed by atoms with E-state index in [9.17, 15) is 18.0 Å². The van der Waals surface area contributed by atoms with E-state index in [4.69, 9.17) is 16.3 Å². The number of rotatable bonds is 12. The summed E-state index contributed by atoms with van der Waals surface area (Å²) in [5.74, 6) is -0.312. The first-order valence-corrected chi connectivity index (χ1v) is 14.0. The van der Waals surface area contributed by atoms with Crippen LogP contribution in [0.15, 0.2) is 83.8 Å². The van der Waals surface area contributed by atoms with Crippen molar-refractivity contribution in [2.45, 2.75) is 37.8 Å². The highest BCUT2D eigenvalue weighted by Gasteiger charge is 2.32. The maximum atomic E-state index is 13.8. The van der Waals surface area contributed by atoms with Gasteiger partial charge in [0.1, 0.15) is 18.3 Å². The number of amides is 2. The molecule has 0 aliphatic carbocycles. The van der Waals surface area contributed by atoms with Gasteiger partial charge in [0, 0.05) is 18.1 Å².